The van der Waals surface area contributed by atoms with Crippen LogP contribution in [0.3, 0.4) is 0 Å². The van der Waals surface area contributed by atoms with Gasteiger partial charge in [-0.2, -0.15) is 0 Å². The van der Waals surface area contributed by atoms with Crippen LogP contribution in [-0.2, 0) is 13.0 Å². The molecule has 1 aliphatic heterocycles. The number of pyridine rings is 1. The number of halogens is 3. The molecule has 5 heteroatoms. The van der Waals surface area contributed by atoms with E-state index in [4.69, 9.17) is 11.6 Å². The van der Waals surface area contributed by atoms with Gasteiger partial charge in [0.25, 0.3) is 0 Å². The van der Waals surface area contributed by atoms with Gasteiger partial charge in [0.1, 0.15) is 0 Å². The molecule has 2 nitrogen and oxygen atoms in total. The first-order chi connectivity index (χ1) is 10.1. The molecule has 1 aromatic carbocycles. The van der Waals surface area contributed by atoms with E-state index in [-0.39, 0.29) is 6.04 Å². The van der Waals surface area contributed by atoms with Gasteiger partial charge < -0.3 is 0 Å². The van der Waals surface area contributed by atoms with Gasteiger partial charge in [-0.1, -0.05) is 51.8 Å². The van der Waals surface area contributed by atoms with Crippen LogP contribution in [0.2, 0.25) is 5.02 Å². The van der Waals surface area contributed by atoms with Crippen LogP contribution in [0.25, 0.3) is 0 Å². The topological polar surface area (TPSA) is 16.1 Å². The molecular formula is C16H15Br2ClN2. The lowest BCUT2D eigenvalue weighted by Crippen LogP contribution is -2.38. The van der Waals surface area contributed by atoms with E-state index in [1.54, 1.807) is 6.20 Å². The van der Waals surface area contributed by atoms with Gasteiger partial charge in [-0.3, -0.25) is 9.88 Å². The van der Waals surface area contributed by atoms with Crippen molar-refractivity contribution in [1.82, 2.24) is 9.88 Å². The second-order valence-corrected chi connectivity index (χ2v) is 7.66. The second-order valence-electron chi connectivity index (χ2n) is 5.28. The summed E-state index contributed by atoms with van der Waals surface area (Å²) in [5.74, 6) is 0. The Labute approximate surface area is 146 Å². The summed E-state index contributed by atoms with van der Waals surface area (Å²) in [6.45, 7) is 3.06. The van der Waals surface area contributed by atoms with Crippen LogP contribution < -0.4 is 0 Å². The van der Waals surface area contributed by atoms with Crippen molar-refractivity contribution < 1.29 is 0 Å². The molecule has 0 saturated heterocycles. The molecule has 1 aliphatic rings. The summed E-state index contributed by atoms with van der Waals surface area (Å²) in [6, 6.07) is 10.7. The van der Waals surface area contributed by atoms with E-state index in [2.05, 4.69) is 72.9 Å². The Kier molecular flexibility index (Phi) is 4.69. The monoisotopic (exact) mass is 428 g/mol. The number of hydrogen-bond donors (Lipinski definition) is 0. The van der Waals surface area contributed by atoms with Gasteiger partial charge in [0, 0.05) is 17.2 Å². The minimum atomic E-state index is 0.156. The lowest BCUT2D eigenvalue weighted by atomic mass is 9.98. The van der Waals surface area contributed by atoms with Crippen molar-refractivity contribution >= 4 is 43.5 Å². The molecule has 0 saturated carbocycles. The van der Waals surface area contributed by atoms with E-state index < -0.39 is 0 Å². The summed E-state index contributed by atoms with van der Waals surface area (Å²) in [7, 11) is 0. The van der Waals surface area contributed by atoms with E-state index in [1.807, 2.05) is 6.07 Å². The largest absolute Gasteiger partial charge is 0.278 e. The molecule has 0 spiro atoms. The predicted octanol–water partition coefficient (Wildman–Crippen LogP) is 5.34. The number of aromatic nitrogens is 1. The average Bonchev–Trinajstić information content (AvgIpc) is 2.46. The van der Waals surface area contributed by atoms with Gasteiger partial charge in [-0.15, -0.1) is 0 Å². The maximum atomic E-state index is 6.36. The fourth-order valence-corrected chi connectivity index (χ4v) is 4.41. The zero-order chi connectivity index (χ0) is 15.0. The molecular weight excluding hydrogens is 415 g/mol. The summed E-state index contributed by atoms with van der Waals surface area (Å²) in [6.07, 6.45) is 2.80. The molecule has 0 radical (unpaired) electrons. The van der Waals surface area contributed by atoms with Crippen LogP contribution >= 0.6 is 43.5 Å². The highest BCUT2D eigenvalue weighted by Crippen LogP contribution is 2.35. The third kappa shape index (κ3) is 3.19. The van der Waals surface area contributed by atoms with Crippen LogP contribution in [0.1, 0.15) is 29.8 Å². The molecule has 2 unspecified atom stereocenters. The molecule has 2 aromatic rings. The standard InChI is InChI=1S/C16H15Br2ClN2/c1-10(16-14(19)7-13(17)8-20-16)21-9-12-5-3-2-4-11(12)6-15(21)18/h2-5,7-8,10,15H,6,9H2,1H3. The number of alkyl halides is 1. The molecule has 110 valence electrons. The number of rotatable bonds is 2. The third-order valence-corrected chi connectivity index (χ3v) is 5.54. The van der Waals surface area contributed by atoms with Crippen LogP contribution in [-0.4, -0.2) is 14.8 Å². The first kappa shape index (κ1) is 15.5. The molecule has 0 amide bonds. The summed E-state index contributed by atoms with van der Waals surface area (Å²) in [4.78, 5) is 7.19. The highest BCUT2D eigenvalue weighted by molar-refractivity contribution is 9.10. The molecule has 21 heavy (non-hydrogen) atoms. The summed E-state index contributed by atoms with van der Waals surface area (Å²) in [5.41, 5.74) is 3.72. The zero-order valence-electron chi connectivity index (χ0n) is 11.6. The number of benzene rings is 1. The summed E-state index contributed by atoms with van der Waals surface area (Å²) >= 11 is 13.6. The highest BCUT2D eigenvalue weighted by atomic mass is 79.9. The van der Waals surface area contributed by atoms with Gasteiger partial charge in [-0.25, -0.2) is 0 Å². The maximum absolute atomic E-state index is 6.36. The van der Waals surface area contributed by atoms with E-state index in [0.717, 1.165) is 23.1 Å². The Morgan fingerprint density at radius 3 is 2.76 bits per heavy atom. The van der Waals surface area contributed by atoms with Crippen LogP contribution in [0.4, 0.5) is 0 Å². The molecule has 0 fully saturated rings. The highest BCUT2D eigenvalue weighted by Gasteiger charge is 2.29. The SMILES string of the molecule is CC(c1ncc(Br)cc1Cl)N1Cc2ccccc2CC1Br. The van der Waals surface area contributed by atoms with Gasteiger partial charge in [0.15, 0.2) is 0 Å². The zero-order valence-corrected chi connectivity index (χ0v) is 15.5. The van der Waals surface area contributed by atoms with Gasteiger partial charge >= 0.3 is 0 Å². The molecule has 3 rings (SSSR count). The van der Waals surface area contributed by atoms with E-state index >= 15 is 0 Å². The summed E-state index contributed by atoms with van der Waals surface area (Å²) in [5, 5.41) is 0.704. The fraction of sp³-hybridized carbons (Fsp3) is 0.312. The number of hydrogen-bond acceptors (Lipinski definition) is 2. The van der Waals surface area contributed by atoms with Gasteiger partial charge in [-0.05, 0) is 46.5 Å². The van der Waals surface area contributed by atoms with Crippen molar-refractivity contribution in [3.8, 4) is 0 Å². The maximum Gasteiger partial charge on any atom is 0.0759 e. The van der Waals surface area contributed by atoms with Crippen molar-refractivity contribution in [3.63, 3.8) is 0 Å². The minimum Gasteiger partial charge on any atom is -0.278 e. The fourth-order valence-electron chi connectivity index (χ4n) is 2.77. The minimum absolute atomic E-state index is 0.156. The Bertz CT molecular complexity index is 662. The Hall–Kier alpha value is -0.420. The Morgan fingerprint density at radius 1 is 1.33 bits per heavy atom. The van der Waals surface area contributed by atoms with Gasteiger partial charge in [0.2, 0.25) is 0 Å². The van der Waals surface area contributed by atoms with E-state index in [1.165, 1.54) is 11.1 Å². The smallest absolute Gasteiger partial charge is 0.0759 e. The predicted molar refractivity (Wildman–Crippen MR) is 93.8 cm³/mol. The Morgan fingerprint density at radius 2 is 2.05 bits per heavy atom. The number of nitrogens with zero attached hydrogens (tertiary/aromatic N) is 2. The van der Waals surface area contributed by atoms with Crippen molar-refractivity contribution in [2.45, 2.75) is 30.9 Å². The van der Waals surface area contributed by atoms with E-state index in [9.17, 15) is 0 Å². The number of fused-ring (bicyclic) bond motifs is 1. The van der Waals surface area contributed by atoms with Crippen molar-refractivity contribution in [2.75, 3.05) is 0 Å². The van der Waals surface area contributed by atoms with E-state index in [0.29, 0.717) is 9.97 Å². The lowest BCUT2D eigenvalue weighted by molar-refractivity contribution is 0.173. The van der Waals surface area contributed by atoms with Crippen LogP contribution in [0.15, 0.2) is 41.0 Å². The van der Waals surface area contributed by atoms with Crippen LogP contribution in [0.5, 0.6) is 0 Å². The van der Waals surface area contributed by atoms with Crippen molar-refractivity contribution in [2.24, 2.45) is 0 Å². The first-order valence-electron chi connectivity index (χ1n) is 6.84. The molecule has 0 N–H and O–H groups in total. The summed E-state index contributed by atoms with van der Waals surface area (Å²) < 4.78 is 0.905. The molecule has 0 aliphatic carbocycles. The molecule has 2 heterocycles. The average molecular weight is 431 g/mol. The quantitative estimate of drug-likeness (QED) is 0.472. The normalized spacial score (nSPS) is 20.1. The first-order valence-corrected chi connectivity index (χ1v) is 8.92. The second kappa shape index (κ2) is 6.37. The molecule has 1 aromatic heterocycles. The van der Waals surface area contributed by atoms with Crippen molar-refractivity contribution in [1.29, 1.82) is 0 Å². The third-order valence-electron chi connectivity index (χ3n) is 3.95. The van der Waals surface area contributed by atoms with Crippen molar-refractivity contribution in [3.05, 3.63) is 62.8 Å². The lowest BCUT2D eigenvalue weighted by Gasteiger charge is -2.37. The Balaban J connectivity index is 1.90. The molecule has 0 bridgehead atoms. The molecule has 2 atom stereocenters. The van der Waals surface area contributed by atoms with Gasteiger partial charge in [0.05, 0.1) is 21.7 Å². The van der Waals surface area contributed by atoms with Crippen LogP contribution in [0, 0.1) is 0 Å².